The Labute approximate surface area is 124 Å². The summed E-state index contributed by atoms with van der Waals surface area (Å²) in [5.41, 5.74) is -0.152. The van der Waals surface area contributed by atoms with E-state index < -0.39 is 5.54 Å². The maximum atomic E-state index is 12.3. The first-order valence-electron chi connectivity index (χ1n) is 7.97. The standard InChI is InChI=1S/C16H32N2O2/c1-6-10-17-16(5,14(19)20-7-2)13-18-11-8-15(3,4)9-12-18/h17H,6-13H2,1-5H3. The number of hydrogen-bond donors (Lipinski definition) is 1. The van der Waals surface area contributed by atoms with Gasteiger partial charge in [0.25, 0.3) is 0 Å². The van der Waals surface area contributed by atoms with Crippen LogP contribution in [0.3, 0.4) is 0 Å². The molecule has 1 heterocycles. The summed E-state index contributed by atoms with van der Waals surface area (Å²) >= 11 is 0. The van der Waals surface area contributed by atoms with Crippen LogP contribution in [-0.2, 0) is 9.53 Å². The van der Waals surface area contributed by atoms with E-state index >= 15 is 0 Å². The van der Waals surface area contributed by atoms with Gasteiger partial charge < -0.3 is 15.0 Å². The van der Waals surface area contributed by atoms with Crippen LogP contribution in [0.1, 0.15) is 53.9 Å². The van der Waals surface area contributed by atoms with Crippen molar-refractivity contribution in [1.82, 2.24) is 10.2 Å². The predicted octanol–water partition coefficient (Wildman–Crippen LogP) is 2.43. The van der Waals surface area contributed by atoms with Crippen LogP contribution in [0.2, 0.25) is 0 Å². The van der Waals surface area contributed by atoms with E-state index in [4.69, 9.17) is 4.74 Å². The van der Waals surface area contributed by atoms with Crippen molar-refractivity contribution in [1.29, 1.82) is 0 Å². The van der Waals surface area contributed by atoms with Gasteiger partial charge >= 0.3 is 5.97 Å². The molecule has 0 saturated carbocycles. The summed E-state index contributed by atoms with van der Waals surface area (Å²) in [7, 11) is 0. The average molecular weight is 284 g/mol. The molecule has 1 saturated heterocycles. The summed E-state index contributed by atoms with van der Waals surface area (Å²) in [6.07, 6.45) is 3.40. The van der Waals surface area contributed by atoms with Gasteiger partial charge in [-0.1, -0.05) is 20.8 Å². The molecule has 4 nitrogen and oxygen atoms in total. The van der Waals surface area contributed by atoms with Crippen LogP contribution in [0.25, 0.3) is 0 Å². The van der Waals surface area contributed by atoms with Gasteiger partial charge in [0.1, 0.15) is 5.54 Å². The number of carbonyl (C=O) groups excluding carboxylic acids is 1. The van der Waals surface area contributed by atoms with E-state index in [1.54, 1.807) is 0 Å². The van der Waals surface area contributed by atoms with Gasteiger partial charge in [-0.2, -0.15) is 0 Å². The number of likely N-dealkylation sites (tertiary alicyclic amines) is 1. The summed E-state index contributed by atoms with van der Waals surface area (Å²) < 4.78 is 5.26. The van der Waals surface area contributed by atoms with E-state index in [-0.39, 0.29) is 5.97 Å². The van der Waals surface area contributed by atoms with Gasteiger partial charge in [0, 0.05) is 6.54 Å². The Morgan fingerprint density at radius 1 is 1.30 bits per heavy atom. The van der Waals surface area contributed by atoms with Crippen LogP contribution >= 0.6 is 0 Å². The van der Waals surface area contributed by atoms with E-state index in [0.29, 0.717) is 12.0 Å². The summed E-state index contributed by atoms with van der Waals surface area (Å²) in [4.78, 5) is 14.7. The molecular weight excluding hydrogens is 252 g/mol. The van der Waals surface area contributed by atoms with Crippen molar-refractivity contribution in [3.05, 3.63) is 0 Å². The van der Waals surface area contributed by atoms with Crippen LogP contribution in [-0.4, -0.2) is 49.2 Å². The largest absolute Gasteiger partial charge is 0.465 e. The molecule has 1 unspecified atom stereocenters. The molecule has 1 atom stereocenters. The molecule has 0 aliphatic carbocycles. The van der Waals surface area contributed by atoms with Gasteiger partial charge in [0.05, 0.1) is 6.61 Å². The van der Waals surface area contributed by atoms with E-state index in [1.165, 1.54) is 12.8 Å². The second-order valence-corrected chi connectivity index (χ2v) is 6.92. The molecule has 4 heteroatoms. The van der Waals surface area contributed by atoms with Crippen molar-refractivity contribution >= 4 is 5.97 Å². The molecule has 1 N–H and O–H groups in total. The van der Waals surface area contributed by atoms with Crippen LogP contribution in [0, 0.1) is 5.41 Å². The van der Waals surface area contributed by atoms with Gasteiger partial charge in [-0.25, -0.2) is 0 Å². The molecule has 0 spiro atoms. The molecule has 0 bridgehead atoms. The van der Waals surface area contributed by atoms with Crippen molar-refractivity contribution in [3.63, 3.8) is 0 Å². The lowest BCUT2D eigenvalue weighted by Crippen LogP contribution is -2.59. The molecule has 0 amide bonds. The molecule has 1 aliphatic rings. The first kappa shape index (κ1) is 17.4. The molecular formula is C16H32N2O2. The Hall–Kier alpha value is -0.610. The zero-order valence-electron chi connectivity index (χ0n) is 13.9. The number of rotatable bonds is 7. The Balaban J connectivity index is 2.62. The quantitative estimate of drug-likeness (QED) is 0.729. The van der Waals surface area contributed by atoms with Crippen LogP contribution < -0.4 is 5.32 Å². The van der Waals surface area contributed by atoms with Gasteiger partial charge in [-0.15, -0.1) is 0 Å². The van der Waals surface area contributed by atoms with Crippen molar-refractivity contribution < 1.29 is 9.53 Å². The first-order chi connectivity index (χ1) is 9.33. The molecule has 0 aromatic rings. The Bertz CT molecular complexity index is 308. The zero-order chi connectivity index (χ0) is 15.2. The molecule has 1 rings (SSSR count). The maximum absolute atomic E-state index is 12.3. The topological polar surface area (TPSA) is 41.6 Å². The van der Waals surface area contributed by atoms with E-state index in [1.807, 2.05) is 13.8 Å². The SMILES string of the molecule is CCCNC(C)(CN1CCC(C)(C)CC1)C(=O)OCC. The van der Waals surface area contributed by atoms with Crippen LogP contribution in [0.5, 0.6) is 0 Å². The number of carbonyl (C=O) groups is 1. The first-order valence-corrected chi connectivity index (χ1v) is 7.97. The fourth-order valence-electron chi connectivity index (χ4n) is 2.65. The minimum Gasteiger partial charge on any atom is -0.465 e. The third kappa shape index (κ3) is 5.06. The second-order valence-electron chi connectivity index (χ2n) is 6.92. The smallest absolute Gasteiger partial charge is 0.327 e. The van der Waals surface area contributed by atoms with E-state index in [9.17, 15) is 4.79 Å². The third-order valence-electron chi connectivity index (χ3n) is 4.24. The highest BCUT2D eigenvalue weighted by atomic mass is 16.5. The lowest BCUT2D eigenvalue weighted by molar-refractivity contribution is -0.151. The molecule has 0 radical (unpaired) electrons. The summed E-state index contributed by atoms with van der Waals surface area (Å²) in [6.45, 7) is 14.7. The van der Waals surface area contributed by atoms with Crippen LogP contribution in [0.4, 0.5) is 0 Å². The Morgan fingerprint density at radius 3 is 2.40 bits per heavy atom. The minimum atomic E-state index is -0.590. The maximum Gasteiger partial charge on any atom is 0.327 e. The van der Waals surface area contributed by atoms with Crippen LogP contribution in [0.15, 0.2) is 0 Å². The molecule has 0 aromatic carbocycles. The van der Waals surface area contributed by atoms with Gasteiger partial charge in [-0.3, -0.25) is 4.79 Å². The normalized spacial score (nSPS) is 22.2. The van der Waals surface area contributed by atoms with Crippen molar-refractivity contribution in [2.45, 2.75) is 59.4 Å². The molecule has 118 valence electrons. The van der Waals surface area contributed by atoms with E-state index in [2.05, 4.69) is 31.0 Å². The lowest BCUT2D eigenvalue weighted by atomic mass is 9.82. The Morgan fingerprint density at radius 2 is 1.90 bits per heavy atom. The highest BCUT2D eigenvalue weighted by molar-refractivity contribution is 5.80. The average Bonchev–Trinajstić information content (AvgIpc) is 2.39. The fourth-order valence-corrected chi connectivity index (χ4v) is 2.65. The summed E-state index contributed by atoms with van der Waals surface area (Å²) in [5.74, 6) is -0.127. The highest BCUT2D eigenvalue weighted by Crippen LogP contribution is 2.30. The summed E-state index contributed by atoms with van der Waals surface area (Å²) in [6, 6.07) is 0. The molecule has 20 heavy (non-hydrogen) atoms. The number of ether oxygens (including phenoxy) is 1. The fraction of sp³-hybridized carbons (Fsp3) is 0.938. The molecule has 1 aliphatic heterocycles. The predicted molar refractivity (Wildman–Crippen MR) is 82.8 cm³/mol. The monoisotopic (exact) mass is 284 g/mol. The van der Waals surface area contributed by atoms with Gasteiger partial charge in [-0.05, 0) is 58.2 Å². The number of piperidine rings is 1. The third-order valence-corrected chi connectivity index (χ3v) is 4.24. The highest BCUT2D eigenvalue weighted by Gasteiger charge is 2.37. The summed E-state index contributed by atoms with van der Waals surface area (Å²) in [5, 5.41) is 3.38. The van der Waals surface area contributed by atoms with Crippen molar-refractivity contribution in [2.75, 3.05) is 32.8 Å². The van der Waals surface area contributed by atoms with Gasteiger partial charge in [0.15, 0.2) is 0 Å². The number of hydrogen-bond acceptors (Lipinski definition) is 4. The minimum absolute atomic E-state index is 0.127. The Kier molecular flexibility index (Phi) is 6.46. The number of esters is 1. The number of nitrogens with one attached hydrogen (secondary N) is 1. The molecule has 1 fully saturated rings. The van der Waals surface area contributed by atoms with Crippen molar-refractivity contribution in [3.8, 4) is 0 Å². The van der Waals surface area contributed by atoms with Gasteiger partial charge in [0.2, 0.25) is 0 Å². The number of nitrogens with zero attached hydrogens (tertiary/aromatic N) is 1. The molecule has 0 aromatic heterocycles. The lowest BCUT2D eigenvalue weighted by Gasteiger charge is -2.41. The van der Waals surface area contributed by atoms with Crippen molar-refractivity contribution in [2.24, 2.45) is 5.41 Å². The van der Waals surface area contributed by atoms with E-state index in [0.717, 1.165) is 32.6 Å². The second kappa shape index (κ2) is 7.41. The zero-order valence-corrected chi connectivity index (χ0v) is 13.9.